The summed E-state index contributed by atoms with van der Waals surface area (Å²) < 4.78 is 3.69. The minimum atomic E-state index is 0.538. The van der Waals surface area contributed by atoms with Gasteiger partial charge in [-0.3, -0.25) is 9.36 Å². The zero-order valence-electron chi connectivity index (χ0n) is 14.8. The van der Waals surface area contributed by atoms with Gasteiger partial charge in [0.2, 0.25) is 0 Å². The van der Waals surface area contributed by atoms with E-state index in [1.807, 2.05) is 58.8 Å². The number of nitrogens with zero attached hydrogens (tertiary/aromatic N) is 5. The molecule has 8 heteroatoms. The van der Waals surface area contributed by atoms with Gasteiger partial charge in [-0.2, -0.15) is 10.2 Å². The van der Waals surface area contributed by atoms with E-state index in [0.29, 0.717) is 16.7 Å². The highest BCUT2D eigenvalue weighted by Gasteiger charge is 2.12. The molecular weight excluding hydrogens is 368 g/mol. The lowest BCUT2D eigenvalue weighted by Crippen LogP contribution is -2.30. The van der Waals surface area contributed by atoms with E-state index in [-0.39, 0.29) is 0 Å². The molecule has 0 radical (unpaired) electrons. The van der Waals surface area contributed by atoms with Gasteiger partial charge < -0.3 is 10.2 Å². The predicted octanol–water partition coefficient (Wildman–Crippen LogP) is 3.63. The van der Waals surface area contributed by atoms with E-state index in [1.54, 1.807) is 6.20 Å². The fourth-order valence-electron chi connectivity index (χ4n) is 2.51. The van der Waals surface area contributed by atoms with Gasteiger partial charge in [0.05, 0.1) is 30.0 Å². The van der Waals surface area contributed by atoms with Gasteiger partial charge in [0.25, 0.3) is 0 Å². The summed E-state index contributed by atoms with van der Waals surface area (Å²) in [6, 6.07) is 10.2. The first kappa shape index (κ1) is 18.4. The Morgan fingerprint density at radius 1 is 1.23 bits per heavy atom. The summed E-state index contributed by atoms with van der Waals surface area (Å²) in [6.07, 6.45) is 5.53. The number of anilines is 1. The third-order valence-corrected chi connectivity index (χ3v) is 4.65. The highest BCUT2D eigenvalue weighted by Crippen LogP contribution is 2.16. The van der Waals surface area contributed by atoms with Crippen molar-refractivity contribution >= 4 is 34.6 Å². The van der Waals surface area contributed by atoms with E-state index >= 15 is 0 Å². The summed E-state index contributed by atoms with van der Waals surface area (Å²) in [6.45, 7) is 4.06. The number of hydrogen-bond acceptors (Lipinski definition) is 3. The maximum atomic E-state index is 6.23. The van der Waals surface area contributed by atoms with Crippen molar-refractivity contribution in [1.82, 2.24) is 24.5 Å². The summed E-state index contributed by atoms with van der Waals surface area (Å²) >= 11 is 11.7. The van der Waals surface area contributed by atoms with Crippen molar-refractivity contribution in [3.8, 4) is 0 Å². The summed E-state index contributed by atoms with van der Waals surface area (Å²) in [5.74, 6) is 0. The second kappa shape index (κ2) is 8.33. The van der Waals surface area contributed by atoms with Crippen molar-refractivity contribution in [3.05, 3.63) is 65.2 Å². The van der Waals surface area contributed by atoms with Crippen LogP contribution in [0.5, 0.6) is 0 Å². The van der Waals surface area contributed by atoms with Crippen LogP contribution in [0, 0.1) is 0 Å². The molecule has 0 saturated carbocycles. The van der Waals surface area contributed by atoms with E-state index in [0.717, 1.165) is 24.5 Å². The topological polar surface area (TPSA) is 50.9 Å². The standard InChI is InChI=1S/C18H21ClN6S/c1-3-24-12-16(19)17(22-24)13-23(2)18(26)21-15-9-20-25(11-15)10-14-7-5-4-6-8-14/h4-9,11-12H,3,10,13H2,1-2H3,(H,21,26). The molecular formula is C18H21ClN6S. The number of rotatable bonds is 6. The van der Waals surface area contributed by atoms with Crippen LogP contribution in [0.2, 0.25) is 5.02 Å². The van der Waals surface area contributed by atoms with Crippen LogP contribution in [0.4, 0.5) is 5.69 Å². The van der Waals surface area contributed by atoms with E-state index in [9.17, 15) is 0 Å². The Balaban J connectivity index is 1.58. The molecule has 0 amide bonds. The normalized spacial score (nSPS) is 10.7. The summed E-state index contributed by atoms with van der Waals surface area (Å²) in [5, 5.41) is 13.3. The maximum Gasteiger partial charge on any atom is 0.173 e. The molecule has 0 saturated heterocycles. The van der Waals surface area contributed by atoms with Crippen molar-refractivity contribution in [1.29, 1.82) is 0 Å². The number of hydrogen-bond donors (Lipinski definition) is 1. The zero-order chi connectivity index (χ0) is 18.5. The molecule has 1 aromatic carbocycles. The van der Waals surface area contributed by atoms with Crippen molar-refractivity contribution in [2.45, 2.75) is 26.6 Å². The van der Waals surface area contributed by atoms with Crippen LogP contribution >= 0.6 is 23.8 Å². The number of halogens is 1. The van der Waals surface area contributed by atoms with Gasteiger partial charge in [0.1, 0.15) is 5.69 Å². The molecule has 0 spiro atoms. The first-order chi connectivity index (χ1) is 12.5. The Bertz CT molecular complexity index is 873. The van der Waals surface area contributed by atoms with Crippen LogP contribution in [-0.4, -0.2) is 36.6 Å². The molecule has 136 valence electrons. The van der Waals surface area contributed by atoms with E-state index in [1.165, 1.54) is 5.56 Å². The summed E-state index contributed by atoms with van der Waals surface area (Å²) in [4.78, 5) is 1.90. The molecule has 0 aliphatic heterocycles. The van der Waals surface area contributed by atoms with Crippen molar-refractivity contribution in [2.75, 3.05) is 12.4 Å². The van der Waals surface area contributed by atoms with Crippen LogP contribution < -0.4 is 5.32 Å². The van der Waals surface area contributed by atoms with E-state index < -0.39 is 0 Å². The third-order valence-electron chi connectivity index (χ3n) is 3.92. The van der Waals surface area contributed by atoms with Crippen LogP contribution in [0.1, 0.15) is 18.2 Å². The lowest BCUT2D eigenvalue weighted by atomic mass is 10.2. The lowest BCUT2D eigenvalue weighted by molar-refractivity contribution is 0.492. The lowest BCUT2D eigenvalue weighted by Gasteiger charge is -2.19. The summed E-state index contributed by atoms with van der Waals surface area (Å²) in [5.41, 5.74) is 2.85. The average molecular weight is 389 g/mol. The molecule has 0 fully saturated rings. The van der Waals surface area contributed by atoms with Crippen molar-refractivity contribution < 1.29 is 0 Å². The molecule has 0 bridgehead atoms. The first-order valence-electron chi connectivity index (χ1n) is 8.35. The molecule has 0 atom stereocenters. The molecule has 2 heterocycles. The Labute approximate surface area is 163 Å². The minimum absolute atomic E-state index is 0.538. The number of aryl methyl sites for hydroxylation is 1. The molecule has 26 heavy (non-hydrogen) atoms. The predicted molar refractivity (Wildman–Crippen MR) is 108 cm³/mol. The van der Waals surface area contributed by atoms with Crippen LogP contribution in [0.3, 0.4) is 0 Å². The quantitative estimate of drug-likeness (QED) is 0.653. The highest BCUT2D eigenvalue weighted by molar-refractivity contribution is 7.80. The molecule has 3 rings (SSSR count). The fourth-order valence-corrected chi connectivity index (χ4v) is 2.90. The number of aromatic nitrogens is 4. The summed E-state index contributed by atoms with van der Waals surface area (Å²) in [7, 11) is 1.91. The van der Waals surface area contributed by atoms with Crippen molar-refractivity contribution in [3.63, 3.8) is 0 Å². The van der Waals surface area contributed by atoms with Gasteiger partial charge in [0.15, 0.2) is 5.11 Å². The smallest absolute Gasteiger partial charge is 0.173 e. The Morgan fingerprint density at radius 3 is 2.69 bits per heavy atom. The van der Waals surface area contributed by atoms with Gasteiger partial charge >= 0.3 is 0 Å². The Hall–Kier alpha value is -2.38. The van der Waals surface area contributed by atoms with E-state index in [2.05, 4.69) is 27.6 Å². The molecule has 1 N–H and O–H groups in total. The zero-order valence-corrected chi connectivity index (χ0v) is 16.3. The number of benzene rings is 1. The molecule has 0 aliphatic carbocycles. The molecule has 0 aliphatic rings. The Morgan fingerprint density at radius 2 is 2.00 bits per heavy atom. The van der Waals surface area contributed by atoms with Crippen LogP contribution in [0.15, 0.2) is 48.9 Å². The van der Waals surface area contributed by atoms with Crippen molar-refractivity contribution in [2.24, 2.45) is 0 Å². The minimum Gasteiger partial charge on any atom is -0.346 e. The van der Waals surface area contributed by atoms with Gasteiger partial charge in [0, 0.05) is 26.0 Å². The van der Waals surface area contributed by atoms with Gasteiger partial charge in [-0.1, -0.05) is 41.9 Å². The van der Waals surface area contributed by atoms with Crippen LogP contribution in [-0.2, 0) is 19.6 Å². The van der Waals surface area contributed by atoms with Crippen LogP contribution in [0.25, 0.3) is 0 Å². The van der Waals surface area contributed by atoms with Gasteiger partial charge in [-0.05, 0) is 24.7 Å². The number of nitrogens with one attached hydrogen (secondary N) is 1. The van der Waals surface area contributed by atoms with Gasteiger partial charge in [-0.25, -0.2) is 0 Å². The second-order valence-electron chi connectivity index (χ2n) is 5.98. The second-order valence-corrected chi connectivity index (χ2v) is 6.77. The largest absolute Gasteiger partial charge is 0.346 e. The van der Waals surface area contributed by atoms with Gasteiger partial charge in [-0.15, -0.1) is 0 Å². The first-order valence-corrected chi connectivity index (χ1v) is 9.14. The maximum absolute atomic E-state index is 6.23. The number of thiocarbonyl (C=S) groups is 1. The highest BCUT2D eigenvalue weighted by atomic mass is 35.5. The SMILES string of the molecule is CCn1cc(Cl)c(CN(C)C(=S)Nc2cnn(Cc3ccccc3)c2)n1. The third kappa shape index (κ3) is 4.62. The monoisotopic (exact) mass is 388 g/mol. The molecule has 6 nitrogen and oxygen atoms in total. The Kier molecular flexibility index (Phi) is 5.90. The molecule has 0 unspecified atom stereocenters. The molecule has 2 aromatic heterocycles. The fraction of sp³-hybridized carbons (Fsp3) is 0.278. The van der Waals surface area contributed by atoms with E-state index in [4.69, 9.17) is 23.8 Å². The molecule has 3 aromatic rings. The average Bonchev–Trinajstić information content (AvgIpc) is 3.22.